The highest BCUT2D eigenvalue weighted by molar-refractivity contribution is 4.91. The Morgan fingerprint density at radius 3 is 2.90 bits per heavy atom. The zero-order valence-electron chi connectivity index (χ0n) is 6.29. The quantitative estimate of drug-likeness (QED) is 0.545. The lowest BCUT2D eigenvalue weighted by Crippen LogP contribution is -2.23. The number of aliphatic hydroxyl groups excluding tert-OH is 1. The molecular weight excluding hydrogens is 128 g/mol. The summed E-state index contributed by atoms with van der Waals surface area (Å²) in [7, 11) is 0. The highest BCUT2D eigenvalue weighted by atomic mass is 16.5. The van der Waals surface area contributed by atoms with Gasteiger partial charge in [-0.2, -0.15) is 0 Å². The minimum absolute atomic E-state index is 0.171. The molecule has 2 rings (SSSR count). The summed E-state index contributed by atoms with van der Waals surface area (Å²) in [5.41, 5.74) is 0. The largest absolute Gasteiger partial charge is 0.390 e. The van der Waals surface area contributed by atoms with Crippen LogP contribution in [0.2, 0.25) is 0 Å². The van der Waals surface area contributed by atoms with Crippen LogP contribution in [-0.4, -0.2) is 23.4 Å². The van der Waals surface area contributed by atoms with Gasteiger partial charge >= 0.3 is 0 Å². The molecule has 1 heterocycles. The summed E-state index contributed by atoms with van der Waals surface area (Å²) in [6, 6.07) is 0. The van der Waals surface area contributed by atoms with E-state index in [1.165, 1.54) is 0 Å². The van der Waals surface area contributed by atoms with Crippen LogP contribution in [0.1, 0.15) is 26.2 Å². The summed E-state index contributed by atoms with van der Waals surface area (Å²) in [4.78, 5) is 0. The smallest absolute Gasteiger partial charge is 0.0866 e. The van der Waals surface area contributed by atoms with E-state index in [0.717, 1.165) is 19.3 Å². The summed E-state index contributed by atoms with van der Waals surface area (Å²) in [6.07, 6.45) is 3.65. The van der Waals surface area contributed by atoms with Crippen LogP contribution >= 0.6 is 0 Å². The molecule has 10 heavy (non-hydrogen) atoms. The van der Waals surface area contributed by atoms with Gasteiger partial charge in [0.25, 0.3) is 0 Å². The number of hydrogen-bond acceptors (Lipinski definition) is 2. The second kappa shape index (κ2) is 2.21. The van der Waals surface area contributed by atoms with Crippen LogP contribution in [0.15, 0.2) is 0 Å². The van der Waals surface area contributed by atoms with E-state index >= 15 is 0 Å². The molecule has 58 valence electrons. The second-order valence-electron chi connectivity index (χ2n) is 3.55. The van der Waals surface area contributed by atoms with E-state index in [0.29, 0.717) is 12.0 Å². The summed E-state index contributed by atoms with van der Waals surface area (Å²) in [6.45, 7) is 2.09. The highest BCUT2D eigenvalue weighted by Gasteiger charge is 2.42. The molecule has 1 aliphatic carbocycles. The van der Waals surface area contributed by atoms with E-state index < -0.39 is 0 Å². The summed E-state index contributed by atoms with van der Waals surface area (Å²) < 4.78 is 5.55. The normalized spacial score (nSPS) is 53.4. The van der Waals surface area contributed by atoms with Crippen molar-refractivity contribution < 1.29 is 9.84 Å². The third-order valence-corrected chi connectivity index (χ3v) is 2.70. The minimum Gasteiger partial charge on any atom is -0.390 e. The van der Waals surface area contributed by atoms with Crippen molar-refractivity contribution in [2.75, 3.05) is 0 Å². The van der Waals surface area contributed by atoms with E-state index in [-0.39, 0.29) is 12.2 Å². The number of rotatable bonds is 0. The topological polar surface area (TPSA) is 29.5 Å². The number of ether oxygens (including phenoxy) is 1. The van der Waals surface area contributed by atoms with Gasteiger partial charge in [0, 0.05) is 0 Å². The molecule has 2 aliphatic rings. The van der Waals surface area contributed by atoms with Gasteiger partial charge in [-0.05, 0) is 32.1 Å². The van der Waals surface area contributed by atoms with E-state index in [2.05, 4.69) is 6.92 Å². The Morgan fingerprint density at radius 1 is 1.40 bits per heavy atom. The fourth-order valence-electron chi connectivity index (χ4n) is 2.23. The van der Waals surface area contributed by atoms with Gasteiger partial charge in [-0.1, -0.05) is 0 Å². The predicted octanol–water partition coefficient (Wildman–Crippen LogP) is 0.935. The molecule has 1 N–H and O–H groups in total. The van der Waals surface area contributed by atoms with Crippen LogP contribution < -0.4 is 0 Å². The van der Waals surface area contributed by atoms with Gasteiger partial charge in [0.2, 0.25) is 0 Å². The Hall–Kier alpha value is -0.0800. The zero-order valence-corrected chi connectivity index (χ0v) is 6.29. The average Bonchev–Trinajstić information content (AvgIpc) is 2.35. The standard InChI is InChI=1S/C8H14O2/c1-5-4-6-2-3-7(9)8(6)10-5/h5-9H,2-4H2,1H3. The summed E-state index contributed by atoms with van der Waals surface area (Å²) in [5, 5.41) is 9.39. The van der Waals surface area contributed by atoms with Crippen LogP contribution in [-0.2, 0) is 4.74 Å². The first kappa shape index (κ1) is 6.62. The van der Waals surface area contributed by atoms with E-state index in [9.17, 15) is 5.11 Å². The van der Waals surface area contributed by atoms with Gasteiger partial charge in [-0.3, -0.25) is 0 Å². The summed E-state index contributed by atoms with van der Waals surface area (Å²) in [5.74, 6) is 0.657. The second-order valence-corrected chi connectivity index (χ2v) is 3.55. The SMILES string of the molecule is CC1CC2CCC(O)C2O1. The fourth-order valence-corrected chi connectivity index (χ4v) is 2.23. The Bertz CT molecular complexity index is 135. The van der Waals surface area contributed by atoms with E-state index in [1.54, 1.807) is 0 Å². The summed E-state index contributed by atoms with van der Waals surface area (Å²) >= 11 is 0. The van der Waals surface area contributed by atoms with Crippen molar-refractivity contribution >= 4 is 0 Å². The van der Waals surface area contributed by atoms with Crippen LogP contribution in [0, 0.1) is 5.92 Å². The molecule has 0 aromatic rings. The Labute approximate surface area is 61.2 Å². The fraction of sp³-hybridized carbons (Fsp3) is 1.00. The van der Waals surface area contributed by atoms with Gasteiger partial charge in [-0.15, -0.1) is 0 Å². The first-order valence-electron chi connectivity index (χ1n) is 4.11. The molecule has 0 bridgehead atoms. The zero-order chi connectivity index (χ0) is 7.14. The number of hydrogen-bond donors (Lipinski definition) is 1. The molecule has 4 atom stereocenters. The van der Waals surface area contributed by atoms with Crippen molar-refractivity contribution in [1.29, 1.82) is 0 Å². The van der Waals surface area contributed by atoms with Crippen molar-refractivity contribution in [1.82, 2.24) is 0 Å². The molecule has 0 radical (unpaired) electrons. The molecule has 0 amide bonds. The molecule has 0 aromatic heterocycles. The molecule has 1 aliphatic heterocycles. The molecule has 4 unspecified atom stereocenters. The van der Waals surface area contributed by atoms with Gasteiger partial charge in [0.15, 0.2) is 0 Å². The molecule has 1 saturated carbocycles. The molecule has 2 heteroatoms. The molecule has 2 fully saturated rings. The third-order valence-electron chi connectivity index (χ3n) is 2.70. The molecule has 2 nitrogen and oxygen atoms in total. The van der Waals surface area contributed by atoms with Gasteiger partial charge in [0.05, 0.1) is 18.3 Å². The predicted molar refractivity (Wildman–Crippen MR) is 37.7 cm³/mol. The number of fused-ring (bicyclic) bond motifs is 1. The first-order valence-corrected chi connectivity index (χ1v) is 4.11. The minimum atomic E-state index is -0.171. The maximum absolute atomic E-state index is 9.39. The lowest BCUT2D eigenvalue weighted by atomic mass is 10.0. The molecule has 0 aromatic carbocycles. The van der Waals surface area contributed by atoms with Gasteiger partial charge in [-0.25, -0.2) is 0 Å². The Kier molecular flexibility index (Phi) is 1.46. The van der Waals surface area contributed by atoms with Crippen molar-refractivity contribution in [2.45, 2.75) is 44.5 Å². The Balaban J connectivity index is 2.05. The van der Waals surface area contributed by atoms with E-state index in [1.807, 2.05) is 0 Å². The molecule has 1 saturated heterocycles. The van der Waals surface area contributed by atoms with Gasteiger partial charge < -0.3 is 9.84 Å². The maximum atomic E-state index is 9.39. The average molecular weight is 142 g/mol. The third kappa shape index (κ3) is 0.867. The number of aliphatic hydroxyl groups is 1. The van der Waals surface area contributed by atoms with Crippen LogP contribution in [0.3, 0.4) is 0 Å². The molecular formula is C8H14O2. The van der Waals surface area contributed by atoms with Crippen LogP contribution in [0.5, 0.6) is 0 Å². The monoisotopic (exact) mass is 142 g/mol. The lowest BCUT2D eigenvalue weighted by molar-refractivity contribution is -0.0217. The van der Waals surface area contributed by atoms with Crippen molar-refractivity contribution in [2.24, 2.45) is 5.92 Å². The lowest BCUT2D eigenvalue weighted by Gasteiger charge is -2.12. The van der Waals surface area contributed by atoms with Crippen molar-refractivity contribution in [3.63, 3.8) is 0 Å². The first-order chi connectivity index (χ1) is 4.77. The maximum Gasteiger partial charge on any atom is 0.0866 e. The van der Waals surface area contributed by atoms with Crippen molar-refractivity contribution in [3.8, 4) is 0 Å². The van der Waals surface area contributed by atoms with Gasteiger partial charge in [0.1, 0.15) is 0 Å². The Morgan fingerprint density at radius 2 is 2.20 bits per heavy atom. The van der Waals surface area contributed by atoms with Crippen molar-refractivity contribution in [3.05, 3.63) is 0 Å². The van der Waals surface area contributed by atoms with Crippen LogP contribution in [0.4, 0.5) is 0 Å². The van der Waals surface area contributed by atoms with Crippen LogP contribution in [0.25, 0.3) is 0 Å². The van der Waals surface area contributed by atoms with E-state index in [4.69, 9.17) is 4.74 Å². The molecule has 0 spiro atoms. The highest BCUT2D eigenvalue weighted by Crippen LogP contribution is 2.38.